The first-order valence-electron chi connectivity index (χ1n) is 7.91. The summed E-state index contributed by atoms with van der Waals surface area (Å²) in [5.41, 5.74) is 2.02. The molecule has 1 unspecified atom stereocenters. The molecule has 1 aromatic heterocycles. The summed E-state index contributed by atoms with van der Waals surface area (Å²) in [5.74, 6) is -0.549. The van der Waals surface area contributed by atoms with Crippen LogP contribution in [0.15, 0.2) is 59.0 Å². The summed E-state index contributed by atoms with van der Waals surface area (Å²) in [5, 5.41) is 9.35. The number of ether oxygens (including phenoxy) is 1. The molecular weight excluding hydrogens is 316 g/mol. The van der Waals surface area contributed by atoms with Gasteiger partial charge in [-0.25, -0.2) is 4.98 Å². The zero-order chi connectivity index (χ0) is 17.6. The maximum atomic E-state index is 12.4. The number of hydrogen-bond acceptors (Lipinski definition) is 5. The summed E-state index contributed by atoms with van der Waals surface area (Å²) in [4.78, 5) is 16.6. The van der Waals surface area contributed by atoms with Crippen LogP contribution in [0.25, 0.3) is 17.2 Å². The second-order valence-electron chi connectivity index (χ2n) is 5.32. The molecule has 5 nitrogen and oxygen atoms in total. The Balaban J connectivity index is 1.77. The third kappa shape index (κ3) is 3.75. The number of carbonyl (C=O) groups excluding carboxylic acids is 1. The predicted octanol–water partition coefficient (Wildman–Crippen LogP) is 4.12. The number of ketones is 1. The summed E-state index contributed by atoms with van der Waals surface area (Å²) >= 11 is 0. The van der Waals surface area contributed by atoms with Gasteiger partial charge >= 0.3 is 0 Å². The van der Waals surface area contributed by atoms with Crippen LogP contribution in [0.3, 0.4) is 0 Å². The Morgan fingerprint density at radius 2 is 2.04 bits per heavy atom. The van der Waals surface area contributed by atoms with Crippen molar-refractivity contribution in [3.63, 3.8) is 0 Å². The normalized spacial score (nSPS) is 12.2. The second kappa shape index (κ2) is 7.45. The van der Waals surface area contributed by atoms with Gasteiger partial charge in [-0.2, -0.15) is 5.26 Å². The molecule has 0 spiro atoms. The highest BCUT2D eigenvalue weighted by molar-refractivity contribution is 6.00. The standard InChI is InChI=1S/C20H16N2O3/c1-2-24-15-10-7-14(8-11-15)9-12-18(23)16(13-21)20-22-17-5-3-4-6-19(17)25-20/h3-12,16H,2H2,1H3/b12-9+. The summed E-state index contributed by atoms with van der Waals surface area (Å²) in [6.45, 7) is 2.52. The first kappa shape index (κ1) is 16.5. The van der Waals surface area contributed by atoms with E-state index in [-0.39, 0.29) is 11.7 Å². The van der Waals surface area contributed by atoms with Gasteiger partial charge in [0.1, 0.15) is 11.3 Å². The third-order valence-electron chi connectivity index (χ3n) is 3.60. The molecule has 0 amide bonds. The van der Waals surface area contributed by atoms with Gasteiger partial charge in [0.25, 0.3) is 0 Å². The fourth-order valence-electron chi connectivity index (χ4n) is 2.37. The van der Waals surface area contributed by atoms with Crippen LogP contribution in [0.5, 0.6) is 5.75 Å². The monoisotopic (exact) mass is 332 g/mol. The van der Waals surface area contributed by atoms with E-state index in [0.29, 0.717) is 17.7 Å². The van der Waals surface area contributed by atoms with E-state index in [9.17, 15) is 10.1 Å². The lowest BCUT2D eigenvalue weighted by Gasteiger charge is -2.02. The van der Waals surface area contributed by atoms with Crippen molar-refractivity contribution in [1.82, 2.24) is 4.98 Å². The number of benzene rings is 2. The van der Waals surface area contributed by atoms with Gasteiger partial charge in [0, 0.05) is 0 Å². The van der Waals surface area contributed by atoms with Gasteiger partial charge in [0.15, 0.2) is 17.3 Å². The van der Waals surface area contributed by atoms with Gasteiger partial charge in [-0.1, -0.05) is 30.3 Å². The number of fused-ring (bicyclic) bond motifs is 1. The molecule has 0 radical (unpaired) electrons. The Bertz CT molecular complexity index is 916. The van der Waals surface area contributed by atoms with Crippen LogP contribution in [0, 0.1) is 11.3 Å². The Morgan fingerprint density at radius 3 is 2.72 bits per heavy atom. The van der Waals surface area contributed by atoms with E-state index in [1.807, 2.05) is 49.4 Å². The minimum atomic E-state index is -1.06. The van der Waals surface area contributed by atoms with E-state index in [1.54, 1.807) is 18.2 Å². The lowest BCUT2D eigenvalue weighted by Crippen LogP contribution is -2.08. The molecule has 3 aromatic rings. The minimum absolute atomic E-state index is 0.116. The van der Waals surface area contributed by atoms with Crippen molar-refractivity contribution in [2.75, 3.05) is 6.61 Å². The quantitative estimate of drug-likeness (QED) is 0.635. The average molecular weight is 332 g/mol. The highest BCUT2D eigenvalue weighted by Crippen LogP contribution is 2.22. The van der Waals surface area contributed by atoms with Gasteiger partial charge < -0.3 is 9.15 Å². The molecule has 0 N–H and O–H groups in total. The van der Waals surface area contributed by atoms with E-state index in [1.165, 1.54) is 6.08 Å². The van der Waals surface area contributed by atoms with Gasteiger partial charge in [-0.05, 0) is 42.8 Å². The molecule has 1 heterocycles. The highest BCUT2D eigenvalue weighted by atomic mass is 16.5. The lowest BCUT2D eigenvalue weighted by molar-refractivity contribution is -0.115. The Hall–Kier alpha value is -3.39. The van der Waals surface area contributed by atoms with Crippen molar-refractivity contribution in [2.24, 2.45) is 0 Å². The molecule has 25 heavy (non-hydrogen) atoms. The molecule has 124 valence electrons. The number of oxazole rings is 1. The number of nitriles is 1. The fraction of sp³-hybridized carbons (Fsp3) is 0.150. The number of allylic oxidation sites excluding steroid dienone is 1. The zero-order valence-corrected chi connectivity index (χ0v) is 13.7. The second-order valence-corrected chi connectivity index (χ2v) is 5.32. The van der Waals surface area contributed by atoms with Gasteiger partial charge in [0.2, 0.25) is 5.89 Å². The summed E-state index contributed by atoms with van der Waals surface area (Å²) in [7, 11) is 0. The number of nitrogens with zero attached hydrogens (tertiary/aromatic N) is 2. The highest BCUT2D eigenvalue weighted by Gasteiger charge is 2.23. The number of carbonyl (C=O) groups is 1. The van der Waals surface area contributed by atoms with Crippen LogP contribution in [0.1, 0.15) is 24.3 Å². The van der Waals surface area contributed by atoms with Gasteiger partial charge in [-0.15, -0.1) is 0 Å². The maximum absolute atomic E-state index is 12.4. The summed E-state index contributed by atoms with van der Waals surface area (Å²) < 4.78 is 10.9. The van der Waals surface area contributed by atoms with Crippen molar-refractivity contribution < 1.29 is 13.9 Å². The third-order valence-corrected chi connectivity index (χ3v) is 3.60. The maximum Gasteiger partial charge on any atom is 0.220 e. The average Bonchev–Trinajstić information content (AvgIpc) is 3.05. The topological polar surface area (TPSA) is 76.1 Å². The molecule has 5 heteroatoms. The Labute approximate surface area is 145 Å². The number of para-hydroxylation sites is 2. The largest absolute Gasteiger partial charge is 0.494 e. The van der Waals surface area contributed by atoms with Crippen LogP contribution in [-0.4, -0.2) is 17.4 Å². The molecule has 0 aliphatic carbocycles. The number of aromatic nitrogens is 1. The molecule has 0 fully saturated rings. The van der Waals surface area contributed by atoms with E-state index in [2.05, 4.69) is 4.98 Å². The van der Waals surface area contributed by atoms with E-state index >= 15 is 0 Å². The van der Waals surface area contributed by atoms with Crippen molar-refractivity contribution in [1.29, 1.82) is 5.26 Å². The van der Waals surface area contributed by atoms with Crippen LogP contribution in [0.4, 0.5) is 0 Å². The van der Waals surface area contributed by atoms with Crippen LogP contribution < -0.4 is 4.74 Å². The smallest absolute Gasteiger partial charge is 0.220 e. The molecule has 0 aliphatic heterocycles. The van der Waals surface area contributed by atoms with Crippen molar-refractivity contribution >= 4 is 23.0 Å². The van der Waals surface area contributed by atoms with Gasteiger partial charge in [-0.3, -0.25) is 4.79 Å². The molecule has 0 bridgehead atoms. The fourth-order valence-corrected chi connectivity index (χ4v) is 2.37. The van der Waals surface area contributed by atoms with Crippen LogP contribution >= 0.6 is 0 Å². The Morgan fingerprint density at radius 1 is 1.28 bits per heavy atom. The zero-order valence-electron chi connectivity index (χ0n) is 13.7. The van der Waals surface area contributed by atoms with Gasteiger partial charge in [0.05, 0.1) is 12.7 Å². The molecule has 3 rings (SSSR count). The summed E-state index contributed by atoms with van der Waals surface area (Å²) in [6, 6.07) is 16.5. The summed E-state index contributed by atoms with van der Waals surface area (Å²) in [6.07, 6.45) is 3.03. The first-order valence-corrected chi connectivity index (χ1v) is 7.91. The van der Waals surface area contributed by atoms with Crippen molar-refractivity contribution in [2.45, 2.75) is 12.8 Å². The molecule has 0 saturated heterocycles. The first-order chi connectivity index (χ1) is 12.2. The Kier molecular flexibility index (Phi) is 4.91. The van der Waals surface area contributed by atoms with Crippen LogP contribution in [-0.2, 0) is 4.79 Å². The van der Waals surface area contributed by atoms with E-state index in [0.717, 1.165) is 11.3 Å². The van der Waals surface area contributed by atoms with Crippen molar-refractivity contribution in [3.8, 4) is 11.8 Å². The minimum Gasteiger partial charge on any atom is -0.494 e. The molecule has 2 aromatic carbocycles. The lowest BCUT2D eigenvalue weighted by atomic mass is 10.0. The van der Waals surface area contributed by atoms with E-state index < -0.39 is 5.92 Å². The number of rotatable bonds is 6. The number of hydrogen-bond donors (Lipinski definition) is 0. The van der Waals surface area contributed by atoms with Crippen molar-refractivity contribution in [3.05, 3.63) is 66.1 Å². The molecule has 1 atom stereocenters. The SMILES string of the molecule is CCOc1ccc(/C=C/C(=O)C(C#N)c2nc3ccccc3o2)cc1. The van der Waals surface area contributed by atoms with Crippen LogP contribution in [0.2, 0.25) is 0 Å². The molecular formula is C20H16N2O3. The molecule has 0 saturated carbocycles. The predicted molar refractivity (Wildman–Crippen MR) is 94.0 cm³/mol. The van der Waals surface area contributed by atoms with E-state index in [4.69, 9.17) is 9.15 Å². The molecule has 0 aliphatic rings.